The van der Waals surface area contributed by atoms with Crippen LogP contribution in [0.3, 0.4) is 0 Å². The Labute approximate surface area is 132 Å². The van der Waals surface area contributed by atoms with Gasteiger partial charge in [0.05, 0.1) is 17.9 Å². The first kappa shape index (κ1) is 18.1. The third kappa shape index (κ3) is 6.20. The fraction of sp³-hybridized carbons (Fsp3) is 0.625. The number of amides is 1. The van der Waals surface area contributed by atoms with Crippen LogP contribution < -0.4 is 10.5 Å². The maximum atomic E-state index is 12.1. The largest absolute Gasteiger partial charge is 0.476 e. The van der Waals surface area contributed by atoms with E-state index in [9.17, 15) is 4.79 Å². The third-order valence-corrected chi connectivity index (χ3v) is 2.86. The molecule has 0 bridgehead atoms. The lowest BCUT2D eigenvalue weighted by molar-refractivity contribution is 0.0225. The van der Waals surface area contributed by atoms with Gasteiger partial charge in [-0.3, -0.25) is 0 Å². The first-order chi connectivity index (χ1) is 10.2. The van der Waals surface area contributed by atoms with Crippen LogP contribution >= 0.6 is 0 Å². The average molecular weight is 309 g/mol. The van der Waals surface area contributed by atoms with E-state index in [4.69, 9.17) is 15.2 Å². The van der Waals surface area contributed by atoms with Crippen LogP contribution in [0.1, 0.15) is 39.8 Å². The van der Waals surface area contributed by atoms with Gasteiger partial charge in [-0.1, -0.05) is 6.92 Å². The molecular weight excluding hydrogens is 282 g/mol. The van der Waals surface area contributed by atoms with Gasteiger partial charge in [-0.25, -0.2) is 9.78 Å². The maximum absolute atomic E-state index is 12.1. The van der Waals surface area contributed by atoms with Crippen LogP contribution in [0.2, 0.25) is 0 Å². The van der Waals surface area contributed by atoms with Gasteiger partial charge in [0.1, 0.15) is 12.2 Å². The molecule has 0 aliphatic rings. The molecule has 0 aromatic carbocycles. The van der Waals surface area contributed by atoms with Crippen LogP contribution in [0.4, 0.5) is 10.5 Å². The number of nitrogens with zero attached hydrogens (tertiary/aromatic N) is 2. The van der Waals surface area contributed by atoms with Gasteiger partial charge in [-0.05, 0) is 40.2 Å². The van der Waals surface area contributed by atoms with Crippen LogP contribution in [0, 0.1) is 6.92 Å². The molecule has 0 atom stereocenters. The van der Waals surface area contributed by atoms with E-state index in [1.807, 2.05) is 34.6 Å². The highest BCUT2D eigenvalue weighted by Crippen LogP contribution is 2.14. The Morgan fingerprint density at radius 3 is 2.55 bits per heavy atom. The van der Waals surface area contributed by atoms with Gasteiger partial charge in [0.15, 0.2) is 0 Å². The summed E-state index contributed by atoms with van der Waals surface area (Å²) in [7, 11) is 0. The number of carbonyl (C=O) groups excluding carboxylic acids is 1. The topological polar surface area (TPSA) is 77.7 Å². The summed E-state index contributed by atoms with van der Waals surface area (Å²) in [4.78, 5) is 18.0. The highest BCUT2D eigenvalue weighted by atomic mass is 16.6. The van der Waals surface area contributed by atoms with Crippen molar-refractivity contribution >= 4 is 11.8 Å². The molecule has 1 aromatic rings. The van der Waals surface area contributed by atoms with Crippen molar-refractivity contribution in [3.8, 4) is 5.88 Å². The van der Waals surface area contributed by atoms with Crippen LogP contribution in [0.15, 0.2) is 12.1 Å². The van der Waals surface area contributed by atoms with Crippen LogP contribution in [-0.2, 0) is 4.74 Å². The summed E-state index contributed by atoms with van der Waals surface area (Å²) in [5, 5.41) is 0. The van der Waals surface area contributed by atoms with Gasteiger partial charge in [0.25, 0.3) is 0 Å². The molecule has 0 spiro atoms. The van der Waals surface area contributed by atoms with Crippen molar-refractivity contribution in [3.05, 3.63) is 17.8 Å². The Hall–Kier alpha value is -1.98. The van der Waals surface area contributed by atoms with Crippen molar-refractivity contribution < 1.29 is 14.3 Å². The monoisotopic (exact) mass is 309 g/mol. The van der Waals surface area contributed by atoms with Crippen molar-refractivity contribution in [1.82, 2.24) is 9.88 Å². The molecule has 0 unspecified atom stereocenters. The van der Waals surface area contributed by atoms with Crippen molar-refractivity contribution in [2.24, 2.45) is 0 Å². The van der Waals surface area contributed by atoms with E-state index in [0.29, 0.717) is 31.3 Å². The lowest BCUT2D eigenvalue weighted by Crippen LogP contribution is -2.39. The summed E-state index contributed by atoms with van der Waals surface area (Å²) in [5.74, 6) is 0.507. The Balaban J connectivity index is 2.53. The number of rotatable bonds is 6. The molecule has 0 aliphatic heterocycles. The summed E-state index contributed by atoms with van der Waals surface area (Å²) in [5.41, 5.74) is 6.58. The number of hydrogen-bond donors (Lipinski definition) is 1. The number of anilines is 1. The zero-order valence-electron chi connectivity index (χ0n) is 14.2. The molecule has 1 amide bonds. The van der Waals surface area contributed by atoms with Gasteiger partial charge in [-0.15, -0.1) is 0 Å². The number of nitrogens with two attached hydrogens (primary N) is 1. The van der Waals surface area contributed by atoms with Crippen LogP contribution in [0.25, 0.3) is 0 Å². The molecule has 22 heavy (non-hydrogen) atoms. The first-order valence-corrected chi connectivity index (χ1v) is 7.56. The standard InChI is InChI=1S/C16H27N3O3/c1-6-9-19(15(20)22-16(3,4)5)10-11-21-14-8-7-13(17)12(2)18-14/h7-8H,6,9-11,17H2,1-5H3. The van der Waals surface area contributed by atoms with Gasteiger partial charge in [0.2, 0.25) is 5.88 Å². The van der Waals surface area contributed by atoms with E-state index in [1.54, 1.807) is 17.0 Å². The number of aryl methyl sites for hydroxylation is 1. The summed E-state index contributed by atoms with van der Waals surface area (Å²) in [6.07, 6.45) is 0.540. The lowest BCUT2D eigenvalue weighted by atomic mass is 10.2. The Morgan fingerprint density at radius 2 is 2.00 bits per heavy atom. The Morgan fingerprint density at radius 1 is 1.32 bits per heavy atom. The van der Waals surface area contributed by atoms with Gasteiger partial charge >= 0.3 is 6.09 Å². The van der Waals surface area contributed by atoms with Crippen molar-refractivity contribution in [2.45, 2.75) is 46.6 Å². The molecule has 124 valence electrons. The minimum Gasteiger partial charge on any atom is -0.476 e. The summed E-state index contributed by atoms with van der Waals surface area (Å²) >= 11 is 0. The van der Waals surface area contributed by atoms with E-state index >= 15 is 0 Å². The number of nitrogen functional groups attached to an aromatic ring is 1. The Bertz CT molecular complexity index is 498. The van der Waals surface area contributed by atoms with E-state index in [-0.39, 0.29) is 6.09 Å². The molecule has 1 aromatic heterocycles. The molecule has 1 heterocycles. The molecule has 0 saturated carbocycles. The number of hydrogen-bond acceptors (Lipinski definition) is 5. The molecular formula is C16H27N3O3. The number of ether oxygens (including phenoxy) is 2. The molecule has 2 N–H and O–H groups in total. The van der Waals surface area contributed by atoms with Crippen molar-refractivity contribution in [3.63, 3.8) is 0 Å². The smallest absolute Gasteiger partial charge is 0.410 e. The van der Waals surface area contributed by atoms with Crippen molar-refractivity contribution in [2.75, 3.05) is 25.4 Å². The van der Waals surface area contributed by atoms with E-state index < -0.39 is 5.60 Å². The lowest BCUT2D eigenvalue weighted by Gasteiger charge is -2.27. The molecule has 0 saturated heterocycles. The zero-order chi connectivity index (χ0) is 16.8. The normalized spacial score (nSPS) is 11.1. The fourth-order valence-corrected chi connectivity index (χ4v) is 1.78. The van der Waals surface area contributed by atoms with E-state index in [1.165, 1.54) is 0 Å². The van der Waals surface area contributed by atoms with Crippen LogP contribution in [0.5, 0.6) is 5.88 Å². The highest BCUT2D eigenvalue weighted by molar-refractivity contribution is 5.68. The van der Waals surface area contributed by atoms with Crippen LogP contribution in [-0.4, -0.2) is 41.3 Å². The minimum atomic E-state index is -0.500. The third-order valence-electron chi connectivity index (χ3n) is 2.86. The number of carbonyl (C=O) groups is 1. The van der Waals surface area contributed by atoms with Crippen molar-refractivity contribution in [1.29, 1.82) is 0 Å². The first-order valence-electron chi connectivity index (χ1n) is 7.56. The molecule has 0 fully saturated rings. The second-order valence-electron chi connectivity index (χ2n) is 6.14. The SMILES string of the molecule is CCCN(CCOc1ccc(N)c(C)n1)C(=O)OC(C)(C)C. The second kappa shape index (κ2) is 7.87. The van der Waals surface area contributed by atoms with E-state index in [2.05, 4.69) is 4.98 Å². The summed E-state index contributed by atoms with van der Waals surface area (Å²) in [6.45, 7) is 10.8. The maximum Gasteiger partial charge on any atom is 0.410 e. The number of aromatic nitrogens is 1. The zero-order valence-corrected chi connectivity index (χ0v) is 14.2. The van der Waals surface area contributed by atoms with Gasteiger partial charge < -0.3 is 20.1 Å². The predicted molar refractivity (Wildman–Crippen MR) is 87.0 cm³/mol. The highest BCUT2D eigenvalue weighted by Gasteiger charge is 2.21. The van der Waals surface area contributed by atoms with E-state index in [0.717, 1.165) is 12.1 Å². The minimum absolute atomic E-state index is 0.320. The Kier molecular flexibility index (Phi) is 6.46. The molecule has 6 heteroatoms. The molecule has 6 nitrogen and oxygen atoms in total. The molecule has 0 radical (unpaired) electrons. The second-order valence-corrected chi connectivity index (χ2v) is 6.14. The summed E-state index contributed by atoms with van der Waals surface area (Å²) < 4.78 is 11.0. The fourth-order valence-electron chi connectivity index (χ4n) is 1.78. The molecule has 1 rings (SSSR count). The number of pyridine rings is 1. The summed E-state index contributed by atoms with van der Waals surface area (Å²) in [6, 6.07) is 3.48. The molecule has 0 aliphatic carbocycles. The quantitative estimate of drug-likeness (QED) is 0.874. The van der Waals surface area contributed by atoms with Gasteiger partial charge in [0, 0.05) is 12.6 Å². The average Bonchev–Trinajstić information content (AvgIpc) is 2.40. The predicted octanol–water partition coefficient (Wildman–Crippen LogP) is 3.00. The van der Waals surface area contributed by atoms with Gasteiger partial charge in [-0.2, -0.15) is 0 Å².